The lowest BCUT2D eigenvalue weighted by Gasteiger charge is -2.05. The Balaban J connectivity index is 2.35. The van der Waals surface area contributed by atoms with Crippen LogP contribution in [0, 0.1) is 12.7 Å². The summed E-state index contributed by atoms with van der Waals surface area (Å²) in [5, 5.41) is 9.14. The van der Waals surface area contributed by atoms with E-state index < -0.39 is 17.5 Å². The number of nitrogens with one attached hydrogen (secondary N) is 1. The molecule has 0 fully saturated rings. The van der Waals surface area contributed by atoms with E-state index in [1.54, 1.807) is 31.2 Å². The zero-order chi connectivity index (χ0) is 15.1. The molecule has 0 bridgehead atoms. The van der Waals surface area contributed by atoms with Crippen LogP contribution in [0.15, 0.2) is 41.2 Å². The first-order valence-corrected chi connectivity index (χ1v) is 6.22. The van der Waals surface area contributed by atoms with Gasteiger partial charge in [0, 0.05) is 0 Å². The van der Waals surface area contributed by atoms with Crippen molar-refractivity contribution in [2.24, 2.45) is 0 Å². The largest absolute Gasteiger partial charge is 0.478 e. The third kappa shape index (κ3) is 2.01. The Bertz CT molecular complexity index is 924. The number of para-hydroxylation sites is 1. The van der Waals surface area contributed by atoms with Crippen molar-refractivity contribution < 1.29 is 14.3 Å². The number of benzene rings is 2. The van der Waals surface area contributed by atoms with Gasteiger partial charge in [-0.2, -0.15) is 0 Å². The molecule has 0 aliphatic heterocycles. The Labute approximate surface area is 118 Å². The van der Waals surface area contributed by atoms with Crippen molar-refractivity contribution in [3.8, 4) is 5.69 Å². The lowest BCUT2D eigenvalue weighted by molar-refractivity contribution is 0.0699. The number of H-pyrrole nitrogens is 1. The van der Waals surface area contributed by atoms with Gasteiger partial charge >= 0.3 is 11.7 Å². The zero-order valence-electron chi connectivity index (χ0n) is 11.1. The van der Waals surface area contributed by atoms with Gasteiger partial charge < -0.3 is 10.1 Å². The number of nitrogens with zero attached hydrogens (tertiary/aromatic N) is 1. The van der Waals surface area contributed by atoms with Gasteiger partial charge in [-0.05, 0) is 36.8 Å². The highest BCUT2D eigenvalue weighted by atomic mass is 19.1. The number of halogens is 1. The minimum atomic E-state index is -1.14. The van der Waals surface area contributed by atoms with E-state index in [4.69, 9.17) is 5.11 Å². The van der Waals surface area contributed by atoms with E-state index in [0.29, 0.717) is 16.8 Å². The molecule has 21 heavy (non-hydrogen) atoms. The van der Waals surface area contributed by atoms with Crippen LogP contribution >= 0.6 is 0 Å². The van der Waals surface area contributed by atoms with E-state index >= 15 is 0 Å². The van der Waals surface area contributed by atoms with Crippen LogP contribution in [0.4, 0.5) is 4.39 Å². The van der Waals surface area contributed by atoms with E-state index in [2.05, 4.69) is 4.98 Å². The van der Waals surface area contributed by atoms with Gasteiger partial charge in [-0.3, -0.25) is 4.57 Å². The predicted molar refractivity (Wildman–Crippen MR) is 75.5 cm³/mol. The second-order valence-corrected chi connectivity index (χ2v) is 4.70. The fraction of sp³-hybridized carbons (Fsp3) is 0.0667. The van der Waals surface area contributed by atoms with Crippen molar-refractivity contribution in [3.63, 3.8) is 0 Å². The van der Waals surface area contributed by atoms with E-state index in [1.165, 1.54) is 16.7 Å². The third-order valence-corrected chi connectivity index (χ3v) is 3.36. The summed E-state index contributed by atoms with van der Waals surface area (Å²) in [6.07, 6.45) is 0. The van der Waals surface area contributed by atoms with Crippen LogP contribution in [0.1, 0.15) is 15.9 Å². The average Bonchev–Trinajstić information content (AvgIpc) is 2.77. The van der Waals surface area contributed by atoms with Gasteiger partial charge in [0.2, 0.25) is 0 Å². The molecule has 0 aliphatic rings. The Hall–Kier alpha value is -2.89. The number of carboxylic acid groups (broad SMARTS) is 1. The van der Waals surface area contributed by atoms with Crippen LogP contribution < -0.4 is 5.69 Å². The Morgan fingerprint density at radius 2 is 2.05 bits per heavy atom. The third-order valence-electron chi connectivity index (χ3n) is 3.36. The molecule has 1 aromatic heterocycles. The van der Waals surface area contributed by atoms with Crippen LogP contribution in [0.5, 0.6) is 0 Å². The summed E-state index contributed by atoms with van der Waals surface area (Å²) in [6.45, 7) is 1.62. The fourth-order valence-electron chi connectivity index (χ4n) is 2.29. The number of aromatic amines is 1. The van der Waals surface area contributed by atoms with Crippen molar-refractivity contribution in [3.05, 3.63) is 63.8 Å². The van der Waals surface area contributed by atoms with E-state index in [0.717, 1.165) is 0 Å². The molecule has 0 amide bonds. The van der Waals surface area contributed by atoms with Crippen LogP contribution in [-0.4, -0.2) is 20.6 Å². The highest BCUT2D eigenvalue weighted by Crippen LogP contribution is 2.20. The maximum absolute atomic E-state index is 13.7. The van der Waals surface area contributed by atoms with Crippen molar-refractivity contribution in [1.29, 1.82) is 0 Å². The van der Waals surface area contributed by atoms with Crippen molar-refractivity contribution in [2.45, 2.75) is 6.92 Å². The van der Waals surface area contributed by atoms with Gasteiger partial charge in [0.05, 0.1) is 22.3 Å². The smallest absolute Gasteiger partial charge is 0.337 e. The molecule has 0 unspecified atom stereocenters. The number of carbonyl (C=O) groups is 1. The number of rotatable bonds is 2. The number of hydrogen-bond donors (Lipinski definition) is 2. The summed E-state index contributed by atoms with van der Waals surface area (Å²) in [7, 11) is 0. The van der Waals surface area contributed by atoms with Gasteiger partial charge in [0.15, 0.2) is 0 Å². The molecule has 0 spiro atoms. The molecule has 0 radical (unpaired) electrons. The maximum Gasteiger partial charge on any atom is 0.337 e. The second-order valence-electron chi connectivity index (χ2n) is 4.70. The molecule has 3 rings (SSSR count). The van der Waals surface area contributed by atoms with Gasteiger partial charge in [-0.25, -0.2) is 14.0 Å². The monoisotopic (exact) mass is 286 g/mol. The molecule has 5 nitrogen and oxygen atoms in total. The number of fused-ring (bicyclic) bond motifs is 1. The van der Waals surface area contributed by atoms with Gasteiger partial charge in [0.25, 0.3) is 0 Å². The standard InChI is InChI=1S/C15H11FN2O3/c1-8-5-6-9(7-11(8)16)18-12-4-2-3-10(14(19)20)13(12)17-15(18)21/h2-7H,1H3,(H,17,21)(H,19,20). The summed E-state index contributed by atoms with van der Waals surface area (Å²) in [5.41, 5.74) is 0.909. The fourth-order valence-corrected chi connectivity index (χ4v) is 2.29. The molecular weight excluding hydrogens is 275 g/mol. The van der Waals surface area contributed by atoms with Gasteiger partial charge in [-0.15, -0.1) is 0 Å². The van der Waals surface area contributed by atoms with E-state index in [-0.39, 0.29) is 11.1 Å². The van der Waals surface area contributed by atoms with Crippen molar-refractivity contribution in [1.82, 2.24) is 9.55 Å². The highest BCUT2D eigenvalue weighted by molar-refractivity contribution is 6.01. The van der Waals surface area contributed by atoms with Gasteiger partial charge in [0.1, 0.15) is 5.82 Å². The minimum absolute atomic E-state index is 0.00377. The van der Waals surface area contributed by atoms with Crippen molar-refractivity contribution >= 4 is 17.0 Å². The maximum atomic E-state index is 13.7. The lowest BCUT2D eigenvalue weighted by Crippen LogP contribution is -2.14. The van der Waals surface area contributed by atoms with Crippen LogP contribution in [0.3, 0.4) is 0 Å². The summed E-state index contributed by atoms with van der Waals surface area (Å²) < 4.78 is 14.9. The first-order valence-electron chi connectivity index (χ1n) is 6.22. The van der Waals surface area contributed by atoms with Crippen LogP contribution in [-0.2, 0) is 0 Å². The molecule has 0 aliphatic carbocycles. The van der Waals surface area contributed by atoms with E-state index in [9.17, 15) is 14.0 Å². The molecule has 2 N–H and O–H groups in total. The molecule has 2 aromatic carbocycles. The number of aromatic carboxylic acids is 1. The van der Waals surface area contributed by atoms with Crippen LogP contribution in [0.2, 0.25) is 0 Å². The molecule has 0 saturated carbocycles. The summed E-state index contributed by atoms with van der Waals surface area (Å²) >= 11 is 0. The molecule has 0 saturated heterocycles. The quantitative estimate of drug-likeness (QED) is 0.760. The molecule has 106 valence electrons. The topological polar surface area (TPSA) is 75.1 Å². The lowest BCUT2D eigenvalue weighted by atomic mass is 10.1. The summed E-state index contributed by atoms with van der Waals surface area (Å²) in [6, 6.07) is 8.98. The summed E-state index contributed by atoms with van der Waals surface area (Å²) in [4.78, 5) is 25.8. The molecule has 6 heteroatoms. The molecule has 1 heterocycles. The predicted octanol–water partition coefficient (Wildman–Crippen LogP) is 2.46. The number of hydrogen-bond acceptors (Lipinski definition) is 2. The minimum Gasteiger partial charge on any atom is -0.478 e. The van der Waals surface area contributed by atoms with Gasteiger partial charge in [-0.1, -0.05) is 12.1 Å². The molecular formula is C15H11FN2O3. The molecule has 3 aromatic rings. The first kappa shape index (κ1) is 13.1. The normalized spacial score (nSPS) is 11.0. The average molecular weight is 286 g/mol. The Morgan fingerprint density at radius 1 is 1.29 bits per heavy atom. The number of carboxylic acids is 1. The van der Waals surface area contributed by atoms with Crippen LogP contribution in [0.25, 0.3) is 16.7 Å². The zero-order valence-corrected chi connectivity index (χ0v) is 11.1. The number of aryl methyl sites for hydroxylation is 1. The second kappa shape index (κ2) is 4.59. The SMILES string of the molecule is Cc1ccc(-n2c(=O)[nH]c3c(C(=O)O)cccc32)cc1F. The summed E-state index contributed by atoms with van der Waals surface area (Å²) in [5.74, 6) is -1.56. The van der Waals surface area contributed by atoms with E-state index in [1.807, 2.05) is 0 Å². The number of imidazole rings is 1. The number of aromatic nitrogens is 2. The molecule has 0 atom stereocenters. The first-order chi connectivity index (χ1) is 9.99. The Morgan fingerprint density at radius 3 is 2.71 bits per heavy atom. The highest BCUT2D eigenvalue weighted by Gasteiger charge is 2.15. The Kier molecular flexibility index (Phi) is 2.86. The van der Waals surface area contributed by atoms with Crippen molar-refractivity contribution in [2.75, 3.05) is 0 Å².